The van der Waals surface area contributed by atoms with Crippen LogP contribution in [0.25, 0.3) is 16.4 Å². The third-order valence-corrected chi connectivity index (χ3v) is 4.06. The lowest BCUT2D eigenvalue weighted by Gasteiger charge is -2.10. The SMILES string of the molecule is c1ccc2c(c1)c(NCc1ccc3c(c1)OCO3)nn1cnnc21. The Morgan fingerprint density at radius 1 is 1.04 bits per heavy atom. The zero-order valence-electron chi connectivity index (χ0n) is 12.6. The summed E-state index contributed by atoms with van der Waals surface area (Å²) in [6.07, 6.45) is 1.60. The minimum absolute atomic E-state index is 0.280. The minimum atomic E-state index is 0.280. The molecule has 1 aliphatic rings. The standard InChI is InChI=1S/C17H13N5O2/c1-2-4-13-12(3-1)16(21-22-9-19-20-17(13)22)18-8-11-5-6-14-15(7-11)24-10-23-14/h1-7,9H,8,10H2,(H,18,21). The lowest BCUT2D eigenvalue weighted by Crippen LogP contribution is -2.05. The first-order chi connectivity index (χ1) is 11.9. The molecular weight excluding hydrogens is 306 g/mol. The van der Waals surface area contributed by atoms with Crippen LogP contribution >= 0.6 is 0 Å². The van der Waals surface area contributed by atoms with Crippen LogP contribution in [0.2, 0.25) is 0 Å². The fourth-order valence-electron chi connectivity index (χ4n) is 2.89. The number of nitrogens with zero attached hydrogens (tertiary/aromatic N) is 4. The first-order valence-corrected chi connectivity index (χ1v) is 7.60. The molecule has 0 saturated heterocycles. The summed E-state index contributed by atoms with van der Waals surface area (Å²) in [5.74, 6) is 2.35. The summed E-state index contributed by atoms with van der Waals surface area (Å²) in [7, 11) is 0. The molecule has 0 unspecified atom stereocenters. The molecule has 0 saturated carbocycles. The van der Waals surface area contributed by atoms with Crippen LogP contribution in [0, 0.1) is 0 Å². The maximum absolute atomic E-state index is 5.42. The third kappa shape index (κ3) is 2.02. The summed E-state index contributed by atoms with van der Waals surface area (Å²) in [5.41, 5.74) is 1.84. The van der Waals surface area contributed by atoms with E-state index in [1.807, 2.05) is 42.5 Å². The number of hydrogen-bond donors (Lipinski definition) is 1. The number of rotatable bonds is 3. The number of anilines is 1. The summed E-state index contributed by atoms with van der Waals surface area (Å²) in [6.45, 7) is 0.907. The highest BCUT2D eigenvalue weighted by atomic mass is 16.7. The van der Waals surface area contributed by atoms with Crippen LogP contribution < -0.4 is 14.8 Å². The van der Waals surface area contributed by atoms with Gasteiger partial charge in [-0.1, -0.05) is 30.3 Å². The first-order valence-electron chi connectivity index (χ1n) is 7.60. The normalized spacial score (nSPS) is 12.8. The van der Waals surface area contributed by atoms with Crippen molar-refractivity contribution >= 4 is 22.2 Å². The Morgan fingerprint density at radius 2 is 1.92 bits per heavy atom. The van der Waals surface area contributed by atoms with Gasteiger partial charge in [0.05, 0.1) is 0 Å². The van der Waals surface area contributed by atoms with Crippen molar-refractivity contribution < 1.29 is 9.47 Å². The predicted molar refractivity (Wildman–Crippen MR) is 88.2 cm³/mol. The first kappa shape index (κ1) is 13.1. The van der Waals surface area contributed by atoms with Crippen molar-refractivity contribution in [2.75, 3.05) is 12.1 Å². The molecule has 0 fully saturated rings. The lowest BCUT2D eigenvalue weighted by molar-refractivity contribution is 0.174. The van der Waals surface area contributed by atoms with Crippen LogP contribution in [0.15, 0.2) is 48.8 Å². The van der Waals surface area contributed by atoms with E-state index in [1.165, 1.54) is 0 Å². The van der Waals surface area contributed by atoms with Crippen LogP contribution in [0.5, 0.6) is 11.5 Å². The highest BCUT2D eigenvalue weighted by Crippen LogP contribution is 2.33. The topological polar surface area (TPSA) is 73.6 Å². The van der Waals surface area contributed by atoms with Gasteiger partial charge < -0.3 is 14.8 Å². The maximum atomic E-state index is 5.42. The van der Waals surface area contributed by atoms with Gasteiger partial charge in [-0.05, 0) is 17.7 Å². The molecule has 0 amide bonds. The molecule has 0 bridgehead atoms. The Hall–Kier alpha value is -3.35. The molecule has 118 valence electrons. The number of aromatic nitrogens is 4. The Balaban J connectivity index is 1.52. The van der Waals surface area contributed by atoms with Gasteiger partial charge in [-0.15, -0.1) is 15.3 Å². The van der Waals surface area contributed by atoms with E-state index in [1.54, 1.807) is 10.8 Å². The average Bonchev–Trinajstić information content (AvgIpc) is 3.28. The van der Waals surface area contributed by atoms with Gasteiger partial charge in [-0.2, -0.15) is 4.52 Å². The van der Waals surface area contributed by atoms with Crippen molar-refractivity contribution in [2.24, 2.45) is 0 Å². The quantitative estimate of drug-likeness (QED) is 0.626. The van der Waals surface area contributed by atoms with Crippen LogP contribution in [0.4, 0.5) is 5.82 Å². The molecule has 0 aliphatic carbocycles. The summed E-state index contributed by atoms with van der Waals surface area (Å²) >= 11 is 0. The number of ether oxygens (including phenoxy) is 2. The van der Waals surface area contributed by atoms with E-state index in [4.69, 9.17) is 9.47 Å². The molecule has 0 atom stereocenters. The number of hydrogen-bond acceptors (Lipinski definition) is 6. The van der Waals surface area contributed by atoms with E-state index in [0.717, 1.165) is 39.3 Å². The molecule has 2 aromatic heterocycles. The van der Waals surface area contributed by atoms with Crippen molar-refractivity contribution in [1.29, 1.82) is 0 Å². The summed E-state index contributed by atoms with van der Waals surface area (Å²) in [6, 6.07) is 13.9. The highest BCUT2D eigenvalue weighted by molar-refractivity contribution is 5.99. The van der Waals surface area contributed by atoms with Crippen LogP contribution in [0.1, 0.15) is 5.56 Å². The molecule has 1 N–H and O–H groups in total. The Morgan fingerprint density at radius 3 is 2.88 bits per heavy atom. The Bertz CT molecular complexity index is 1060. The molecule has 24 heavy (non-hydrogen) atoms. The smallest absolute Gasteiger partial charge is 0.231 e. The Kier molecular flexibility index (Phi) is 2.78. The molecule has 4 aromatic rings. The molecule has 3 heterocycles. The van der Waals surface area contributed by atoms with Gasteiger partial charge in [0, 0.05) is 17.3 Å². The van der Waals surface area contributed by atoms with Crippen LogP contribution in [0.3, 0.4) is 0 Å². The van der Waals surface area contributed by atoms with Gasteiger partial charge in [0.15, 0.2) is 23.0 Å². The second-order valence-corrected chi connectivity index (χ2v) is 5.53. The zero-order chi connectivity index (χ0) is 15.9. The van der Waals surface area contributed by atoms with Crippen molar-refractivity contribution in [3.05, 3.63) is 54.4 Å². The molecule has 1 aliphatic heterocycles. The van der Waals surface area contributed by atoms with Gasteiger partial charge in [-0.25, -0.2) is 0 Å². The van der Waals surface area contributed by atoms with E-state index in [9.17, 15) is 0 Å². The Labute approximate surface area is 136 Å². The fourth-order valence-corrected chi connectivity index (χ4v) is 2.89. The summed E-state index contributed by atoms with van der Waals surface area (Å²) in [5, 5.41) is 18.1. The largest absolute Gasteiger partial charge is 0.454 e. The van der Waals surface area contributed by atoms with E-state index in [0.29, 0.717) is 6.54 Å². The van der Waals surface area contributed by atoms with Crippen LogP contribution in [-0.2, 0) is 6.54 Å². The monoisotopic (exact) mass is 319 g/mol. The summed E-state index contributed by atoms with van der Waals surface area (Å²) in [4.78, 5) is 0. The second kappa shape index (κ2) is 5.09. The van der Waals surface area contributed by atoms with E-state index >= 15 is 0 Å². The summed E-state index contributed by atoms with van der Waals surface area (Å²) < 4.78 is 12.4. The van der Waals surface area contributed by atoms with Crippen molar-refractivity contribution in [3.63, 3.8) is 0 Å². The van der Waals surface area contributed by atoms with E-state index in [-0.39, 0.29) is 6.79 Å². The van der Waals surface area contributed by atoms with Gasteiger partial charge >= 0.3 is 0 Å². The van der Waals surface area contributed by atoms with E-state index < -0.39 is 0 Å². The minimum Gasteiger partial charge on any atom is -0.454 e. The molecule has 7 nitrogen and oxygen atoms in total. The third-order valence-electron chi connectivity index (χ3n) is 4.06. The zero-order valence-corrected chi connectivity index (χ0v) is 12.6. The van der Waals surface area contributed by atoms with Gasteiger partial charge in [-0.3, -0.25) is 0 Å². The lowest BCUT2D eigenvalue weighted by atomic mass is 10.1. The molecule has 0 spiro atoms. The van der Waals surface area contributed by atoms with Crippen LogP contribution in [-0.4, -0.2) is 26.6 Å². The molecule has 7 heteroatoms. The number of benzene rings is 2. The average molecular weight is 319 g/mol. The number of fused-ring (bicyclic) bond motifs is 4. The van der Waals surface area contributed by atoms with Crippen molar-refractivity contribution in [3.8, 4) is 11.5 Å². The van der Waals surface area contributed by atoms with Gasteiger partial charge in [0.2, 0.25) is 6.79 Å². The maximum Gasteiger partial charge on any atom is 0.231 e. The van der Waals surface area contributed by atoms with Gasteiger partial charge in [0.1, 0.15) is 6.33 Å². The predicted octanol–water partition coefficient (Wildman–Crippen LogP) is 2.62. The molecule has 5 rings (SSSR count). The van der Waals surface area contributed by atoms with Crippen molar-refractivity contribution in [2.45, 2.75) is 6.54 Å². The fraction of sp³-hybridized carbons (Fsp3) is 0.118. The highest BCUT2D eigenvalue weighted by Gasteiger charge is 2.14. The molecule has 0 radical (unpaired) electrons. The molecular formula is C17H13N5O2. The van der Waals surface area contributed by atoms with Crippen molar-refractivity contribution in [1.82, 2.24) is 19.8 Å². The van der Waals surface area contributed by atoms with Gasteiger partial charge in [0.25, 0.3) is 0 Å². The van der Waals surface area contributed by atoms with E-state index in [2.05, 4.69) is 20.6 Å². The second-order valence-electron chi connectivity index (χ2n) is 5.53. The number of nitrogens with one attached hydrogen (secondary N) is 1. The molecule has 2 aromatic carbocycles.